The first-order valence-electron chi connectivity index (χ1n) is 10.5. The Bertz CT molecular complexity index is 1160. The second-order valence-corrected chi connectivity index (χ2v) is 7.97. The molecular formula is C24H23N3O5S. The van der Waals surface area contributed by atoms with Crippen molar-refractivity contribution in [3.8, 4) is 11.3 Å². The van der Waals surface area contributed by atoms with Gasteiger partial charge >= 0.3 is 11.9 Å². The molecule has 0 amide bonds. The third-order valence-electron chi connectivity index (χ3n) is 5.52. The topological polar surface area (TPSA) is 105 Å². The van der Waals surface area contributed by atoms with Crippen molar-refractivity contribution in [1.29, 1.82) is 0 Å². The molecule has 3 aromatic rings. The molecule has 8 nitrogen and oxygen atoms in total. The van der Waals surface area contributed by atoms with Crippen LogP contribution < -0.4 is 5.32 Å². The van der Waals surface area contributed by atoms with E-state index in [0.29, 0.717) is 35.2 Å². The Morgan fingerprint density at radius 1 is 1.21 bits per heavy atom. The number of rotatable bonds is 8. The SMILES string of the molecule is COC(=O)CCCN1C(=S)N[C@H](c2ccccn2)[C@H]1c1ccc(-c2cccc(C(=O)O)c2)o1. The second-order valence-electron chi connectivity index (χ2n) is 7.59. The largest absolute Gasteiger partial charge is 0.478 e. The van der Waals surface area contributed by atoms with E-state index in [9.17, 15) is 14.7 Å². The number of aromatic nitrogens is 1. The molecule has 2 atom stereocenters. The fourth-order valence-electron chi connectivity index (χ4n) is 3.92. The minimum absolute atomic E-state index is 0.185. The molecule has 1 aromatic carbocycles. The van der Waals surface area contributed by atoms with Gasteiger partial charge in [0, 0.05) is 24.7 Å². The van der Waals surface area contributed by atoms with Crippen molar-refractivity contribution >= 4 is 29.3 Å². The normalized spacial score (nSPS) is 17.6. The lowest BCUT2D eigenvalue weighted by molar-refractivity contribution is -0.140. The van der Waals surface area contributed by atoms with Crippen molar-refractivity contribution in [2.24, 2.45) is 0 Å². The van der Waals surface area contributed by atoms with Gasteiger partial charge in [-0.2, -0.15) is 0 Å². The molecule has 2 aromatic heterocycles. The molecule has 0 bridgehead atoms. The van der Waals surface area contributed by atoms with Gasteiger partial charge in [-0.15, -0.1) is 0 Å². The van der Waals surface area contributed by atoms with Crippen LogP contribution in [0, 0.1) is 0 Å². The van der Waals surface area contributed by atoms with Gasteiger partial charge in [0.2, 0.25) is 0 Å². The first kappa shape index (κ1) is 22.5. The standard InChI is InChI=1S/C24H23N3O5S/c1-31-20(28)9-5-13-27-22(21(26-24(27)33)17-8-2-3-12-25-17)19-11-10-18(32-19)15-6-4-7-16(14-15)23(29)30/h2-4,6-8,10-12,14,21-22H,5,9,13H2,1H3,(H,26,33)(H,29,30)/t21-,22-/m1/s1. The molecule has 170 valence electrons. The van der Waals surface area contributed by atoms with Crippen molar-refractivity contribution in [2.45, 2.75) is 24.9 Å². The smallest absolute Gasteiger partial charge is 0.335 e. The molecule has 1 aliphatic rings. The molecule has 0 aliphatic carbocycles. The van der Waals surface area contributed by atoms with Crippen LogP contribution in [0.4, 0.5) is 0 Å². The predicted molar refractivity (Wildman–Crippen MR) is 125 cm³/mol. The van der Waals surface area contributed by atoms with E-state index in [-0.39, 0.29) is 30.0 Å². The number of nitrogens with one attached hydrogen (secondary N) is 1. The van der Waals surface area contributed by atoms with E-state index in [2.05, 4.69) is 10.3 Å². The fourth-order valence-corrected chi connectivity index (χ4v) is 4.26. The first-order valence-corrected chi connectivity index (χ1v) is 10.9. The number of hydrogen-bond acceptors (Lipinski definition) is 6. The Balaban J connectivity index is 1.66. The number of aromatic carboxylic acids is 1. The van der Waals surface area contributed by atoms with E-state index >= 15 is 0 Å². The van der Waals surface area contributed by atoms with Crippen molar-refractivity contribution in [3.05, 3.63) is 77.8 Å². The average molecular weight is 466 g/mol. The summed E-state index contributed by atoms with van der Waals surface area (Å²) in [5.74, 6) is -0.0579. The van der Waals surface area contributed by atoms with Crippen molar-refractivity contribution in [1.82, 2.24) is 15.2 Å². The Labute approximate surface area is 196 Å². The molecule has 1 saturated heterocycles. The maximum Gasteiger partial charge on any atom is 0.335 e. The number of carboxylic acids is 1. The molecule has 3 heterocycles. The number of ether oxygens (including phenoxy) is 1. The van der Waals surface area contributed by atoms with Crippen LogP contribution in [0.2, 0.25) is 0 Å². The molecule has 1 aliphatic heterocycles. The predicted octanol–water partition coefficient (Wildman–Crippen LogP) is 3.97. The zero-order valence-electron chi connectivity index (χ0n) is 17.9. The van der Waals surface area contributed by atoms with Gasteiger partial charge in [-0.05, 0) is 55.0 Å². The number of thiocarbonyl (C=S) groups is 1. The lowest BCUT2D eigenvalue weighted by Gasteiger charge is -2.25. The highest BCUT2D eigenvalue weighted by Crippen LogP contribution is 2.40. The third kappa shape index (κ3) is 4.88. The molecule has 2 N–H and O–H groups in total. The van der Waals surface area contributed by atoms with E-state index in [1.807, 2.05) is 35.2 Å². The number of nitrogens with zero attached hydrogens (tertiary/aromatic N) is 2. The zero-order valence-corrected chi connectivity index (χ0v) is 18.7. The highest BCUT2D eigenvalue weighted by molar-refractivity contribution is 7.80. The van der Waals surface area contributed by atoms with Crippen LogP contribution in [-0.2, 0) is 9.53 Å². The summed E-state index contributed by atoms with van der Waals surface area (Å²) in [6, 6.07) is 15.4. The van der Waals surface area contributed by atoms with Crippen LogP contribution in [0.25, 0.3) is 11.3 Å². The Hall–Kier alpha value is -3.72. The number of pyridine rings is 1. The minimum Gasteiger partial charge on any atom is -0.478 e. The lowest BCUT2D eigenvalue weighted by atomic mass is 10.0. The maximum atomic E-state index is 11.6. The van der Waals surface area contributed by atoms with Crippen molar-refractivity contribution in [2.75, 3.05) is 13.7 Å². The summed E-state index contributed by atoms with van der Waals surface area (Å²) in [6.45, 7) is 0.527. The summed E-state index contributed by atoms with van der Waals surface area (Å²) in [4.78, 5) is 29.4. The number of carbonyl (C=O) groups is 2. The number of esters is 1. The lowest BCUT2D eigenvalue weighted by Crippen LogP contribution is -2.30. The van der Waals surface area contributed by atoms with Crippen LogP contribution in [0.5, 0.6) is 0 Å². The minimum atomic E-state index is -0.999. The average Bonchev–Trinajstić information content (AvgIpc) is 3.44. The molecule has 4 rings (SSSR count). The molecule has 0 unspecified atom stereocenters. The summed E-state index contributed by atoms with van der Waals surface area (Å²) >= 11 is 5.61. The molecule has 1 fully saturated rings. The van der Waals surface area contributed by atoms with E-state index in [1.54, 1.807) is 24.4 Å². The summed E-state index contributed by atoms with van der Waals surface area (Å²) in [5, 5.41) is 13.2. The number of carbonyl (C=O) groups excluding carboxylic acids is 1. The highest BCUT2D eigenvalue weighted by Gasteiger charge is 2.41. The molecule has 0 spiro atoms. The Kier molecular flexibility index (Phi) is 6.69. The summed E-state index contributed by atoms with van der Waals surface area (Å²) < 4.78 is 11.0. The van der Waals surface area contributed by atoms with Gasteiger partial charge in [-0.3, -0.25) is 9.78 Å². The molecular weight excluding hydrogens is 442 g/mol. The highest BCUT2D eigenvalue weighted by atomic mass is 32.1. The number of furan rings is 1. The number of hydrogen-bond donors (Lipinski definition) is 2. The summed E-state index contributed by atoms with van der Waals surface area (Å²) in [6.07, 6.45) is 2.57. The van der Waals surface area contributed by atoms with Crippen molar-refractivity contribution < 1.29 is 23.8 Å². The van der Waals surface area contributed by atoms with Crippen LogP contribution in [0.1, 0.15) is 46.7 Å². The number of carboxylic acid groups (broad SMARTS) is 1. The van der Waals surface area contributed by atoms with Gasteiger partial charge in [0.05, 0.1) is 24.4 Å². The number of methoxy groups -OCH3 is 1. The molecule has 0 radical (unpaired) electrons. The molecule has 33 heavy (non-hydrogen) atoms. The Morgan fingerprint density at radius 2 is 2.06 bits per heavy atom. The third-order valence-corrected chi connectivity index (χ3v) is 5.87. The monoisotopic (exact) mass is 465 g/mol. The summed E-state index contributed by atoms with van der Waals surface area (Å²) in [5.41, 5.74) is 1.66. The van der Waals surface area contributed by atoms with Gasteiger partial charge in [-0.1, -0.05) is 18.2 Å². The van der Waals surface area contributed by atoms with E-state index in [0.717, 1.165) is 5.69 Å². The first-order chi connectivity index (χ1) is 16.0. The van der Waals surface area contributed by atoms with Crippen molar-refractivity contribution in [3.63, 3.8) is 0 Å². The van der Waals surface area contributed by atoms with E-state index < -0.39 is 5.97 Å². The molecule has 9 heteroatoms. The quantitative estimate of drug-likeness (QED) is 0.378. The summed E-state index contributed by atoms with van der Waals surface area (Å²) in [7, 11) is 1.37. The van der Waals surface area contributed by atoms with E-state index in [4.69, 9.17) is 21.4 Å². The van der Waals surface area contributed by atoms with E-state index in [1.165, 1.54) is 13.2 Å². The maximum absolute atomic E-state index is 11.6. The van der Waals surface area contributed by atoms with Crippen LogP contribution in [0.15, 0.2) is 65.2 Å². The van der Waals surface area contributed by atoms with Crippen LogP contribution in [-0.4, -0.2) is 45.7 Å². The molecule has 0 saturated carbocycles. The number of benzene rings is 1. The zero-order chi connectivity index (χ0) is 23.4. The van der Waals surface area contributed by atoms with Gasteiger partial charge in [-0.25, -0.2) is 4.79 Å². The van der Waals surface area contributed by atoms with Crippen LogP contribution in [0.3, 0.4) is 0 Å². The van der Waals surface area contributed by atoms with Gasteiger partial charge in [0.25, 0.3) is 0 Å². The second kappa shape index (κ2) is 9.83. The van der Waals surface area contributed by atoms with Crippen LogP contribution >= 0.6 is 12.2 Å². The van der Waals surface area contributed by atoms with Gasteiger partial charge in [0.15, 0.2) is 5.11 Å². The fraction of sp³-hybridized carbons (Fsp3) is 0.250. The van der Waals surface area contributed by atoms with Gasteiger partial charge in [0.1, 0.15) is 17.6 Å². The Morgan fingerprint density at radius 3 is 2.79 bits per heavy atom. The van der Waals surface area contributed by atoms with Gasteiger partial charge < -0.3 is 24.5 Å².